The van der Waals surface area contributed by atoms with Crippen LogP contribution in [-0.2, 0) is 6.42 Å². The van der Waals surface area contributed by atoms with Crippen molar-refractivity contribution in [2.75, 3.05) is 7.05 Å². The quantitative estimate of drug-likeness (QED) is 0.583. The van der Waals surface area contributed by atoms with Crippen LogP contribution in [0.5, 0.6) is 0 Å². The van der Waals surface area contributed by atoms with Gasteiger partial charge in [-0.15, -0.1) is 0 Å². The zero-order chi connectivity index (χ0) is 8.97. The van der Waals surface area contributed by atoms with Gasteiger partial charge in [0.15, 0.2) is 0 Å². The molecule has 1 N–H and O–H groups in total. The zero-order valence-electron chi connectivity index (χ0n) is 6.67. The van der Waals surface area contributed by atoms with Gasteiger partial charge in [-0.1, -0.05) is 29.9 Å². The van der Waals surface area contributed by atoms with Crippen LogP contribution < -0.4 is 5.32 Å². The lowest BCUT2D eigenvalue weighted by Gasteiger charge is -2.01. The van der Waals surface area contributed by atoms with E-state index in [9.17, 15) is 0 Å². The molecule has 0 radical (unpaired) electrons. The van der Waals surface area contributed by atoms with Crippen molar-refractivity contribution in [2.45, 2.75) is 6.42 Å². The lowest BCUT2D eigenvalue weighted by molar-refractivity contribution is 1.13. The molecule has 2 nitrogen and oxygen atoms in total. The predicted octanol–water partition coefficient (Wildman–Crippen LogP) is 1.82. The number of hydrogen-bond acceptors (Lipinski definition) is 2. The molecule has 0 aliphatic rings. The number of rotatable bonds is 2. The fourth-order valence-electron chi connectivity index (χ4n) is 0.785. The fraction of sp³-hybridized carbons (Fsp3) is 0.250. The first-order chi connectivity index (χ1) is 5.72. The molecule has 0 spiro atoms. The molecule has 0 atom stereocenters. The van der Waals surface area contributed by atoms with Crippen LogP contribution >= 0.6 is 23.8 Å². The van der Waals surface area contributed by atoms with Crippen molar-refractivity contribution < 1.29 is 0 Å². The first-order valence-electron chi connectivity index (χ1n) is 3.53. The van der Waals surface area contributed by atoms with Gasteiger partial charge in [-0.2, -0.15) is 0 Å². The predicted molar refractivity (Wildman–Crippen MR) is 54.6 cm³/mol. The Bertz CT molecular complexity index is 271. The number of thiocarbonyl (C=S) groups is 1. The third-order valence-corrected chi connectivity index (χ3v) is 2.00. The lowest BCUT2D eigenvalue weighted by atomic mass is 10.2. The summed E-state index contributed by atoms with van der Waals surface area (Å²) in [5, 5.41) is 3.41. The van der Waals surface area contributed by atoms with Gasteiger partial charge >= 0.3 is 0 Å². The van der Waals surface area contributed by atoms with Crippen molar-refractivity contribution >= 4 is 28.8 Å². The van der Waals surface area contributed by atoms with Gasteiger partial charge in [-0.3, -0.25) is 0 Å². The third-order valence-electron chi connectivity index (χ3n) is 1.43. The molecule has 0 saturated heterocycles. The molecule has 0 aliphatic heterocycles. The van der Waals surface area contributed by atoms with Crippen molar-refractivity contribution in [3.05, 3.63) is 29.0 Å². The Kier molecular flexibility index (Phi) is 3.44. The average molecular weight is 201 g/mol. The van der Waals surface area contributed by atoms with Crippen molar-refractivity contribution in [1.29, 1.82) is 0 Å². The van der Waals surface area contributed by atoms with E-state index >= 15 is 0 Å². The standard InChI is InChI=1S/C8H9ClN2S/c1-10-8(12)4-6-2-3-7(9)11-5-6/h2-3,5H,4H2,1H3,(H,10,12). The Morgan fingerprint density at radius 2 is 2.42 bits per heavy atom. The summed E-state index contributed by atoms with van der Waals surface area (Å²) in [6.07, 6.45) is 2.45. The van der Waals surface area contributed by atoms with Gasteiger partial charge in [0.2, 0.25) is 0 Å². The highest BCUT2D eigenvalue weighted by atomic mass is 35.5. The maximum absolute atomic E-state index is 5.62. The van der Waals surface area contributed by atoms with E-state index in [1.165, 1.54) is 0 Å². The van der Waals surface area contributed by atoms with E-state index in [4.69, 9.17) is 23.8 Å². The summed E-state index contributed by atoms with van der Waals surface area (Å²) in [7, 11) is 1.81. The van der Waals surface area contributed by atoms with E-state index < -0.39 is 0 Å². The second-order valence-electron chi connectivity index (χ2n) is 2.34. The molecule has 12 heavy (non-hydrogen) atoms. The van der Waals surface area contributed by atoms with E-state index in [1.807, 2.05) is 13.1 Å². The molecule has 1 heterocycles. The molecule has 1 aromatic heterocycles. The van der Waals surface area contributed by atoms with E-state index in [-0.39, 0.29) is 0 Å². The van der Waals surface area contributed by atoms with E-state index in [2.05, 4.69) is 10.3 Å². The Balaban J connectivity index is 2.64. The second kappa shape index (κ2) is 4.38. The molecule has 4 heteroatoms. The van der Waals surface area contributed by atoms with Gasteiger partial charge in [0.05, 0.1) is 4.99 Å². The average Bonchev–Trinajstić information content (AvgIpc) is 2.09. The minimum atomic E-state index is 0.508. The molecule has 0 bridgehead atoms. The molecule has 0 unspecified atom stereocenters. The summed E-state index contributed by atoms with van der Waals surface area (Å²) >= 11 is 10.6. The fourth-order valence-corrected chi connectivity index (χ4v) is 1.06. The molecule has 0 aromatic carbocycles. The Hall–Kier alpha value is -0.670. The molecule has 0 aliphatic carbocycles. The highest BCUT2D eigenvalue weighted by molar-refractivity contribution is 7.80. The largest absolute Gasteiger partial charge is 0.382 e. The highest BCUT2D eigenvalue weighted by Gasteiger charge is 1.96. The zero-order valence-corrected chi connectivity index (χ0v) is 8.25. The normalized spacial score (nSPS) is 9.50. The molecule has 64 valence electrons. The number of nitrogens with zero attached hydrogens (tertiary/aromatic N) is 1. The van der Waals surface area contributed by atoms with Crippen molar-refractivity contribution in [2.24, 2.45) is 0 Å². The third kappa shape index (κ3) is 2.75. The van der Waals surface area contributed by atoms with Crippen molar-refractivity contribution in [1.82, 2.24) is 10.3 Å². The molecular weight excluding hydrogens is 192 g/mol. The minimum absolute atomic E-state index is 0.508. The van der Waals surface area contributed by atoms with Crippen LogP contribution in [0, 0.1) is 0 Å². The molecule has 1 rings (SSSR count). The summed E-state index contributed by atoms with van der Waals surface area (Å²) < 4.78 is 0. The smallest absolute Gasteiger partial charge is 0.129 e. The van der Waals surface area contributed by atoms with Crippen LogP contribution in [0.3, 0.4) is 0 Å². The van der Waals surface area contributed by atoms with Crippen molar-refractivity contribution in [3.63, 3.8) is 0 Å². The summed E-state index contributed by atoms with van der Waals surface area (Å²) in [6, 6.07) is 3.67. The minimum Gasteiger partial charge on any atom is -0.382 e. The number of aromatic nitrogens is 1. The number of hydrogen-bond donors (Lipinski definition) is 1. The number of pyridine rings is 1. The van der Waals surface area contributed by atoms with Gasteiger partial charge in [0.1, 0.15) is 5.15 Å². The summed E-state index contributed by atoms with van der Waals surface area (Å²) in [6.45, 7) is 0. The summed E-state index contributed by atoms with van der Waals surface area (Å²) in [4.78, 5) is 4.75. The number of nitrogens with one attached hydrogen (secondary N) is 1. The van der Waals surface area contributed by atoms with Crippen LogP contribution in [0.4, 0.5) is 0 Å². The van der Waals surface area contributed by atoms with Crippen LogP contribution in [0.15, 0.2) is 18.3 Å². The Morgan fingerprint density at radius 1 is 1.67 bits per heavy atom. The van der Waals surface area contributed by atoms with Crippen molar-refractivity contribution in [3.8, 4) is 0 Å². The van der Waals surface area contributed by atoms with E-state index in [0.29, 0.717) is 5.15 Å². The van der Waals surface area contributed by atoms with Gasteiger partial charge in [0, 0.05) is 19.7 Å². The molecule has 1 aromatic rings. The summed E-state index contributed by atoms with van der Waals surface area (Å²) in [5.74, 6) is 0. The number of halogens is 1. The van der Waals surface area contributed by atoms with Gasteiger partial charge in [-0.05, 0) is 11.6 Å². The highest BCUT2D eigenvalue weighted by Crippen LogP contribution is 2.05. The SMILES string of the molecule is CNC(=S)Cc1ccc(Cl)nc1. The second-order valence-corrected chi connectivity index (χ2v) is 3.22. The Labute approximate surface area is 82.0 Å². The van der Waals surface area contributed by atoms with Gasteiger partial charge in [-0.25, -0.2) is 4.98 Å². The van der Waals surface area contributed by atoms with Crippen LogP contribution in [0.1, 0.15) is 5.56 Å². The maximum Gasteiger partial charge on any atom is 0.129 e. The Morgan fingerprint density at radius 3 is 2.92 bits per heavy atom. The first kappa shape index (κ1) is 9.42. The summed E-state index contributed by atoms with van der Waals surface area (Å²) in [5.41, 5.74) is 1.07. The first-order valence-corrected chi connectivity index (χ1v) is 4.32. The molecule has 0 fully saturated rings. The molecule has 0 amide bonds. The van der Waals surface area contributed by atoms with Gasteiger partial charge < -0.3 is 5.32 Å². The van der Waals surface area contributed by atoms with E-state index in [0.717, 1.165) is 17.0 Å². The van der Waals surface area contributed by atoms with Crippen LogP contribution in [-0.4, -0.2) is 17.0 Å². The lowest BCUT2D eigenvalue weighted by Crippen LogP contribution is -2.17. The van der Waals surface area contributed by atoms with Crippen LogP contribution in [0.2, 0.25) is 5.15 Å². The van der Waals surface area contributed by atoms with E-state index in [1.54, 1.807) is 12.3 Å². The monoisotopic (exact) mass is 200 g/mol. The topological polar surface area (TPSA) is 24.9 Å². The molecular formula is C8H9ClN2S. The maximum atomic E-state index is 5.62. The number of likely N-dealkylation sites (N-methyl/N-ethyl adjacent to an activating group) is 1. The molecule has 0 saturated carbocycles. The van der Waals surface area contributed by atoms with Crippen LogP contribution in [0.25, 0.3) is 0 Å². The van der Waals surface area contributed by atoms with Gasteiger partial charge in [0.25, 0.3) is 0 Å².